The fourth-order valence-electron chi connectivity index (χ4n) is 6.51. The molecular weight excluding hydrogens is 654 g/mol. The molecule has 49 heavy (non-hydrogen) atoms. The van der Waals surface area contributed by atoms with Gasteiger partial charge in [-0.15, -0.1) is 0 Å². The molecule has 3 amide bonds. The molecule has 12 nitrogen and oxygen atoms in total. The first-order valence-corrected chi connectivity index (χ1v) is 17.2. The van der Waals surface area contributed by atoms with Crippen molar-refractivity contribution < 1.29 is 43.2 Å². The number of amides is 3. The summed E-state index contributed by atoms with van der Waals surface area (Å²) < 4.78 is 23.5. The average Bonchev–Trinajstić information content (AvgIpc) is 3.74. The first-order valence-electron chi connectivity index (χ1n) is 16.8. The van der Waals surface area contributed by atoms with Crippen LogP contribution in [-0.2, 0) is 35.0 Å². The van der Waals surface area contributed by atoms with Gasteiger partial charge in [0.1, 0.15) is 40.3 Å². The Morgan fingerprint density at radius 1 is 1.27 bits per heavy atom. The highest BCUT2D eigenvalue weighted by atomic mass is 35.5. The number of methoxy groups -OCH3 is 1. The zero-order chi connectivity index (χ0) is 36.4. The van der Waals surface area contributed by atoms with Crippen LogP contribution in [0.25, 0.3) is 0 Å². The number of epoxide rings is 1. The molecule has 0 aliphatic carbocycles. The predicted octanol–water partition coefficient (Wildman–Crippen LogP) is 4.94. The van der Waals surface area contributed by atoms with Gasteiger partial charge in [-0.3, -0.25) is 14.9 Å². The summed E-state index contributed by atoms with van der Waals surface area (Å²) in [5, 5.41) is 14.5. The summed E-state index contributed by atoms with van der Waals surface area (Å²) in [5.74, 6) is -1.86. The lowest BCUT2D eigenvalue weighted by atomic mass is 9.82. The predicted molar refractivity (Wildman–Crippen MR) is 184 cm³/mol. The number of ether oxygens (including phenoxy) is 4. The number of aliphatic hydroxyl groups is 1. The Labute approximate surface area is 293 Å². The van der Waals surface area contributed by atoms with Crippen LogP contribution in [0.15, 0.2) is 35.9 Å². The van der Waals surface area contributed by atoms with E-state index in [2.05, 4.69) is 5.32 Å². The van der Waals surface area contributed by atoms with E-state index in [1.54, 1.807) is 20.9 Å². The van der Waals surface area contributed by atoms with E-state index < -0.39 is 65.5 Å². The first kappa shape index (κ1) is 38.2. The molecule has 0 unspecified atom stereocenters. The highest BCUT2D eigenvalue weighted by molar-refractivity contribution is 6.35. The molecule has 2 saturated heterocycles. The van der Waals surface area contributed by atoms with Gasteiger partial charge in [-0.05, 0) is 51.3 Å². The van der Waals surface area contributed by atoms with Crippen LogP contribution in [-0.4, -0.2) is 90.8 Å². The van der Waals surface area contributed by atoms with Gasteiger partial charge in [0.25, 0.3) is 0 Å². The van der Waals surface area contributed by atoms with E-state index in [9.17, 15) is 24.3 Å². The number of allylic oxidation sites excluding steroid dienone is 3. The molecule has 3 aliphatic rings. The molecule has 0 spiro atoms. The molecule has 0 aromatic heterocycles. The number of hydrogen-bond acceptors (Lipinski definition) is 9. The van der Waals surface area contributed by atoms with E-state index in [0.29, 0.717) is 24.3 Å². The minimum Gasteiger partial charge on any atom is -0.495 e. The Morgan fingerprint density at radius 3 is 2.61 bits per heavy atom. The molecule has 0 saturated carbocycles. The lowest BCUT2D eigenvalue weighted by Gasteiger charge is -2.41. The Balaban J connectivity index is 1.76. The normalized spacial score (nSPS) is 32.8. The zero-order valence-electron chi connectivity index (χ0n) is 29.9. The lowest BCUT2D eigenvalue weighted by Crippen LogP contribution is -2.60. The summed E-state index contributed by atoms with van der Waals surface area (Å²) in [6.45, 7) is 10.8. The molecule has 1 aromatic carbocycles. The van der Waals surface area contributed by atoms with Crippen molar-refractivity contribution in [3.63, 3.8) is 0 Å². The molecule has 2 fully saturated rings. The van der Waals surface area contributed by atoms with Gasteiger partial charge in [0, 0.05) is 38.8 Å². The number of nitrogens with zero attached hydrogens (tertiary/aromatic N) is 2. The topological polar surface area (TPSA) is 147 Å². The Morgan fingerprint density at radius 2 is 1.96 bits per heavy atom. The number of carbonyl (C=O) groups excluding carboxylic acids is 4. The van der Waals surface area contributed by atoms with Gasteiger partial charge in [0.2, 0.25) is 11.8 Å². The van der Waals surface area contributed by atoms with Gasteiger partial charge >= 0.3 is 12.1 Å². The Bertz CT molecular complexity index is 1510. The number of nitrogens with one attached hydrogen (secondary N) is 1. The number of fused-ring (bicyclic) bond motifs is 5. The minimum absolute atomic E-state index is 0.0711. The zero-order valence-corrected chi connectivity index (χ0v) is 30.6. The highest BCUT2D eigenvalue weighted by Gasteiger charge is 2.64. The number of carbonyl (C=O) groups is 4. The first-order chi connectivity index (χ1) is 22.9. The largest absolute Gasteiger partial charge is 0.495 e. The van der Waals surface area contributed by atoms with E-state index in [0.717, 1.165) is 11.1 Å². The highest BCUT2D eigenvalue weighted by Crippen LogP contribution is 2.49. The molecule has 0 radical (unpaired) electrons. The number of alkyl carbamates (subject to hydrolysis) is 1. The monoisotopic (exact) mass is 703 g/mol. The third-order valence-corrected chi connectivity index (χ3v) is 10.5. The van der Waals surface area contributed by atoms with Gasteiger partial charge in [-0.2, -0.15) is 0 Å². The average molecular weight is 704 g/mol. The smallest absolute Gasteiger partial charge is 0.409 e. The van der Waals surface area contributed by atoms with Crippen molar-refractivity contribution >= 4 is 41.2 Å². The van der Waals surface area contributed by atoms with Crippen LogP contribution in [0, 0.1) is 11.8 Å². The maximum atomic E-state index is 14.0. The van der Waals surface area contributed by atoms with E-state index in [1.165, 1.54) is 24.0 Å². The number of rotatable bonds is 6. The van der Waals surface area contributed by atoms with Crippen LogP contribution in [0.1, 0.15) is 72.8 Å². The van der Waals surface area contributed by atoms with E-state index in [1.807, 2.05) is 58.1 Å². The van der Waals surface area contributed by atoms with Gasteiger partial charge in [-0.25, -0.2) is 9.59 Å². The Hall–Kier alpha value is -3.61. The summed E-state index contributed by atoms with van der Waals surface area (Å²) in [4.78, 5) is 55.6. The quantitative estimate of drug-likeness (QED) is 0.311. The van der Waals surface area contributed by atoms with E-state index in [4.69, 9.17) is 30.5 Å². The van der Waals surface area contributed by atoms with Gasteiger partial charge in [0.05, 0.1) is 25.3 Å². The SMILES string of the molecule is CCCC(=O)N(C)[C@@H](C)C(=O)O[C@H]1CC(=O)N(C)c2cc(cc(OC)c2Cl)C/C(C)=C/C=C/[C@@H](C)[C@@]2(O)C[C@H](OC(=O)N2)[C@@H](C)[C@@H]2O[C@@]12C. The third-order valence-electron chi connectivity index (χ3n) is 10.1. The van der Waals surface area contributed by atoms with Crippen molar-refractivity contribution in [2.45, 2.75) is 109 Å². The second-order valence-electron chi connectivity index (χ2n) is 13.8. The molecule has 2 N–H and O–H groups in total. The van der Waals surface area contributed by atoms with Gasteiger partial charge < -0.3 is 33.9 Å². The molecule has 4 bridgehead atoms. The van der Waals surface area contributed by atoms with Crippen molar-refractivity contribution in [3.8, 4) is 5.75 Å². The number of benzene rings is 1. The van der Waals surface area contributed by atoms with Gasteiger partial charge in [0.15, 0.2) is 0 Å². The molecular formula is C36H50ClN3O9. The van der Waals surface area contributed by atoms with Crippen molar-refractivity contribution in [2.75, 3.05) is 26.1 Å². The van der Waals surface area contributed by atoms with Crippen molar-refractivity contribution in [2.24, 2.45) is 11.8 Å². The van der Waals surface area contributed by atoms with Crippen LogP contribution in [0.4, 0.5) is 10.5 Å². The molecule has 13 heteroatoms. The fourth-order valence-corrected chi connectivity index (χ4v) is 6.83. The van der Waals surface area contributed by atoms with Crippen LogP contribution in [0.5, 0.6) is 5.75 Å². The summed E-state index contributed by atoms with van der Waals surface area (Å²) in [6, 6.07) is 2.70. The molecule has 3 heterocycles. The number of esters is 1. The summed E-state index contributed by atoms with van der Waals surface area (Å²) >= 11 is 6.73. The van der Waals surface area contributed by atoms with Crippen LogP contribution >= 0.6 is 11.6 Å². The number of halogens is 1. The molecule has 1 aromatic rings. The van der Waals surface area contributed by atoms with Crippen LogP contribution in [0.3, 0.4) is 0 Å². The van der Waals surface area contributed by atoms with E-state index >= 15 is 0 Å². The number of anilines is 1. The summed E-state index contributed by atoms with van der Waals surface area (Å²) in [5.41, 5.74) is -0.528. The third kappa shape index (κ3) is 8.24. The second kappa shape index (κ2) is 15.1. The maximum Gasteiger partial charge on any atom is 0.409 e. The number of likely N-dealkylation sites (N-methyl/N-ethyl adjacent to an activating group) is 1. The molecule has 4 rings (SSSR count). The molecule has 8 atom stereocenters. The fraction of sp³-hybridized carbons (Fsp3) is 0.611. The van der Waals surface area contributed by atoms with Crippen molar-refractivity contribution in [1.82, 2.24) is 10.2 Å². The molecule has 270 valence electrons. The Kier molecular flexibility index (Phi) is 11.8. The summed E-state index contributed by atoms with van der Waals surface area (Å²) in [6.07, 6.45) is 3.56. The van der Waals surface area contributed by atoms with Gasteiger partial charge in [-0.1, -0.05) is 56.2 Å². The molecule has 3 aliphatic heterocycles. The standard InChI is InChI=1S/C36H50ClN3O9/c1-10-12-29(41)39(7)23(5)33(43)48-28-18-30(42)40(8)25-16-24(17-26(46-9)31(25)37)15-20(2)13-11-14-21(3)36(45)19-27(47-34(44)38-36)22(4)32-35(28,6)49-32/h11,13-14,16-17,21-23,27-28,32,45H,10,12,15,18-19H2,1-9H3,(H,38,44)/b14-11+,20-13+/t21-,22-,23+,27+,28+,32+,35+,36+/m1/s1. The van der Waals surface area contributed by atoms with E-state index in [-0.39, 0.29) is 30.2 Å². The maximum absolute atomic E-state index is 14.0. The number of hydrogen-bond donors (Lipinski definition) is 2. The van der Waals surface area contributed by atoms with Crippen LogP contribution in [0.2, 0.25) is 5.02 Å². The van der Waals surface area contributed by atoms with Crippen molar-refractivity contribution in [3.05, 3.63) is 46.5 Å². The second-order valence-corrected chi connectivity index (χ2v) is 14.2. The summed E-state index contributed by atoms with van der Waals surface area (Å²) in [7, 11) is 4.63. The van der Waals surface area contributed by atoms with Crippen LogP contribution < -0.4 is 15.0 Å². The van der Waals surface area contributed by atoms with Crippen molar-refractivity contribution in [1.29, 1.82) is 0 Å². The lowest BCUT2D eigenvalue weighted by molar-refractivity contribution is -0.162. The minimum atomic E-state index is -1.60.